The van der Waals surface area contributed by atoms with Gasteiger partial charge in [0, 0.05) is 24.1 Å². The lowest BCUT2D eigenvalue weighted by atomic mass is 10.1. The van der Waals surface area contributed by atoms with Crippen molar-refractivity contribution in [2.75, 3.05) is 19.8 Å². The molecule has 1 aliphatic rings. The summed E-state index contributed by atoms with van der Waals surface area (Å²) in [4.78, 5) is 11.5. The van der Waals surface area contributed by atoms with E-state index in [0.29, 0.717) is 23.9 Å². The quantitative estimate of drug-likeness (QED) is 0.804. The van der Waals surface area contributed by atoms with Gasteiger partial charge in [0.25, 0.3) is 0 Å². The van der Waals surface area contributed by atoms with E-state index in [-0.39, 0.29) is 24.5 Å². The molecule has 0 aliphatic heterocycles. The molecule has 0 spiro atoms. The maximum Gasteiger partial charge on any atom is 0.246 e. The topological polar surface area (TPSA) is 67.8 Å². The van der Waals surface area contributed by atoms with Crippen LogP contribution in [0, 0.1) is 5.92 Å². The van der Waals surface area contributed by atoms with Crippen LogP contribution in [0.25, 0.3) is 0 Å². The van der Waals surface area contributed by atoms with Gasteiger partial charge < -0.3 is 19.9 Å². The normalized spacial score (nSPS) is 24.2. The molecule has 1 aromatic rings. The maximum absolute atomic E-state index is 11.5. The van der Waals surface area contributed by atoms with Gasteiger partial charge in [-0.2, -0.15) is 0 Å². The van der Waals surface area contributed by atoms with Crippen LogP contribution in [0.1, 0.15) is 19.8 Å². The largest absolute Gasteiger partial charge is 0.488 e. The minimum atomic E-state index is -0.594. The average Bonchev–Trinajstić information content (AvgIpc) is 2.86. The number of hydrogen-bond donors (Lipinski definition) is 2. The van der Waals surface area contributed by atoms with E-state index in [1.54, 1.807) is 24.3 Å². The number of aliphatic hydroxyl groups is 1. The van der Waals surface area contributed by atoms with E-state index in [4.69, 9.17) is 21.1 Å². The third-order valence-electron chi connectivity index (χ3n) is 3.79. The Morgan fingerprint density at radius 2 is 2.09 bits per heavy atom. The molecular weight excluding hydrogens is 306 g/mol. The predicted octanol–water partition coefficient (Wildman–Crippen LogP) is 2.01. The molecule has 1 saturated carbocycles. The molecular formula is C16H22ClNO4. The van der Waals surface area contributed by atoms with Crippen LogP contribution >= 0.6 is 11.6 Å². The second kappa shape index (κ2) is 8.36. The lowest BCUT2D eigenvalue weighted by Gasteiger charge is -2.21. The molecule has 0 bridgehead atoms. The first-order chi connectivity index (χ1) is 10.6. The fourth-order valence-corrected chi connectivity index (χ4v) is 2.68. The highest BCUT2D eigenvalue weighted by molar-refractivity contribution is 6.30. The van der Waals surface area contributed by atoms with Crippen molar-refractivity contribution >= 4 is 17.5 Å². The fourth-order valence-electron chi connectivity index (χ4n) is 2.55. The van der Waals surface area contributed by atoms with E-state index in [1.165, 1.54) is 0 Å². The van der Waals surface area contributed by atoms with Gasteiger partial charge in [0.15, 0.2) is 0 Å². The fraction of sp³-hybridized carbons (Fsp3) is 0.562. The summed E-state index contributed by atoms with van der Waals surface area (Å²) < 4.78 is 10.8. The molecule has 5 nitrogen and oxygen atoms in total. The maximum atomic E-state index is 11.5. The van der Waals surface area contributed by atoms with Crippen molar-refractivity contribution in [3.63, 3.8) is 0 Å². The Morgan fingerprint density at radius 3 is 2.77 bits per heavy atom. The first-order valence-electron chi connectivity index (χ1n) is 7.55. The third-order valence-corrected chi connectivity index (χ3v) is 4.04. The monoisotopic (exact) mass is 327 g/mol. The number of hydrogen-bond acceptors (Lipinski definition) is 4. The van der Waals surface area contributed by atoms with Gasteiger partial charge in [-0.15, -0.1) is 0 Å². The molecule has 0 saturated heterocycles. The van der Waals surface area contributed by atoms with Gasteiger partial charge in [-0.3, -0.25) is 4.79 Å². The van der Waals surface area contributed by atoms with Gasteiger partial charge in [-0.1, -0.05) is 11.6 Å². The Kier molecular flexibility index (Phi) is 6.49. The van der Waals surface area contributed by atoms with E-state index in [1.807, 2.05) is 6.92 Å². The number of ether oxygens (including phenoxy) is 2. The molecule has 1 aromatic carbocycles. The van der Waals surface area contributed by atoms with Crippen LogP contribution in [-0.4, -0.2) is 43.0 Å². The van der Waals surface area contributed by atoms with Gasteiger partial charge in [0.05, 0.1) is 6.10 Å². The highest BCUT2D eigenvalue weighted by Gasteiger charge is 2.36. The molecule has 0 aromatic heterocycles. The molecule has 0 heterocycles. The first-order valence-corrected chi connectivity index (χ1v) is 7.92. The van der Waals surface area contributed by atoms with Crippen LogP contribution in [0.15, 0.2) is 24.3 Å². The number of rotatable bonds is 7. The average molecular weight is 328 g/mol. The lowest BCUT2D eigenvalue weighted by Crippen LogP contribution is -2.38. The summed E-state index contributed by atoms with van der Waals surface area (Å²) in [5, 5.41) is 13.8. The molecule has 0 unspecified atom stereocenters. The summed E-state index contributed by atoms with van der Waals surface area (Å²) in [6.07, 6.45) is 0.725. The van der Waals surface area contributed by atoms with Crippen molar-refractivity contribution in [2.24, 2.45) is 5.92 Å². The zero-order chi connectivity index (χ0) is 15.9. The van der Waals surface area contributed by atoms with Crippen molar-refractivity contribution < 1.29 is 19.4 Å². The second-order valence-electron chi connectivity index (χ2n) is 5.38. The summed E-state index contributed by atoms with van der Waals surface area (Å²) in [6, 6.07) is 7.08. The number of amides is 1. The Hall–Kier alpha value is -1.30. The summed E-state index contributed by atoms with van der Waals surface area (Å²) >= 11 is 5.83. The Balaban J connectivity index is 1.78. The number of benzene rings is 1. The summed E-state index contributed by atoms with van der Waals surface area (Å²) in [5.74, 6) is 0.536. The van der Waals surface area contributed by atoms with E-state index < -0.39 is 6.10 Å². The highest BCUT2D eigenvalue weighted by Crippen LogP contribution is 2.29. The minimum Gasteiger partial charge on any atom is -0.488 e. The molecule has 6 heteroatoms. The third kappa shape index (κ3) is 4.87. The summed E-state index contributed by atoms with van der Waals surface area (Å²) in [5.41, 5.74) is 0. The van der Waals surface area contributed by atoms with E-state index in [0.717, 1.165) is 12.8 Å². The van der Waals surface area contributed by atoms with Gasteiger partial charge in [0.1, 0.15) is 18.5 Å². The van der Waals surface area contributed by atoms with Gasteiger partial charge in [-0.25, -0.2) is 0 Å². The molecule has 2 N–H and O–H groups in total. The van der Waals surface area contributed by atoms with Crippen molar-refractivity contribution in [1.29, 1.82) is 0 Å². The Morgan fingerprint density at radius 1 is 1.36 bits per heavy atom. The number of carbonyl (C=O) groups is 1. The van der Waals surface area contributed by atoms with Crippen LogP contribution in [-0.2, 0) is 9.53 Å². The van der Waals surface area contributed by atoms with Crippen LogP contribution < -0.4 is 10.1 Å². The highest BCUT2D eigenvalue weighted by atomic mass is 35.5. The van der Waals surface area contributed by atoms with E-state index in [9.17, 15) is 9.90 Å². The van der Waals surface area contributed by atoms with Crippen LogP contribution in [0.2, 0.25) is 5.02 Å². The molecule has 0 radical (unpaired) electrons. The van der Waals surface area contributed by atoms with Gasteiger partial charge in [-0.05, 0) is 44.0 Å². The number of aliphatic hydroxyl groups excluding tert-OH is 1. The molecule has 2 rings (SSSR count). The lowest BCUT2D eigenvalue weighted by molar-refractivity contribution is -0.125. The molecule has 1 fully saturated rings. The Labute approximate surface area is 135 Å². The zero-order valence-corrected chi connectivity index (χ0v) is 13.4. The van der Waals surface area contributed by atoms with Gasteiger partial charge in [0.2, 0.25) is 5.91 Å². The molecule has 122 valence electrons. The molecule has 1 aliphatic carbocycles. The van der Waals surface area contributed by atoms with Crippen LogP contribution in [0.4, 0.5) is 0 Å². The zero-order valence-electron chi connectivity index (χ0n) is 12.6. The van der Waals surface area contributed by atoms with Crippen LogP contribution in [0.5, 0.6) is 5.75 Å². The van der Waals surface area contributed by atoms with E-state index >= 15 is 0 Å². The minimum absolute atomic E-state index is 0.00266. The predicted molar refractivity (Wildman–Crippen MR) is 84.1 cm³/mol. The molecule has 1 amide bonds. The van der Waals surface area contributed by atoms with Crippen molar-refractivity contribution in [3.8, 4) is 5.75 Å². The van der Waals surface area contributed by atoms with Crippen molar-refractivity contribution in [3.05, 3.63) is 29.3 Å². The SMILES string of the molecule is CCOCC(=O)NC[C@H]1CC[C@@H](Oc2ccc(Cl)cc2)[C@@H]1O. The van der Waals surface area contributed by atoms with E-state index in [2.05, 4.69) is 5.32 Å². The number of nitrogens with one attached hydrogen (secondary N) is 1. The Bertz CT molecular complexity index is 480. The van der Waals surface area contributed by atoms with Gasteiger partial charge >= 0.3 is 0 Å². The smallest absolute Gasteiger partial charge is 0.246 e. The van der Waals surface area contributed by atoms with Crippen molar-refractivity contribution in [1.82, 2.24) is 5.32 Å². The standard InChI is InChI=1S/C16H22ClNO4/c1-2-21-10-15(19)18-9-11-3-8-14(16(11)20)22-13-6-4-12(17)5-7-13/h4-7,11,14,16,20H,2-3,8-10H2,1H3,(H,18,19)/t11-,14-,16-/m1/s1. The summed E-state index contributed by atoms with van der Waals surface area (Å²) in [7, 11) is 0. The first kappa shape index (κ1) is 17.1. The number of carbonyl (C=O) groups excluding carboxylic acids is 1. The molecule has 22 heavy (non-hydrogen) atoms. The van der Waals surface area contributed by atoms with Crippen LogP contribution in [0.3, 0.4) is 0 Å². The summed E-state index contributed by atoms with van der Waals surface area (Å²) in [6.45, 7) is 2.85. The second-order valence-corrected chi connectivity index (χ2v) is 5.82. The number of halogens is 1. The molecule has 3 atom stereocenters. The van der Waals surface area contributed by atoms with Crippen molar-refractivity contribution in [2.45, 2.75) is 32.0 Å².